The van der Waals surface area contributed by atoms with Crippen LogP contribution in [0.2, 0.25) is 0 Å². The van der Waals surface area contributed by atoms with Crippen molar-refractivity contribution in [2.45, 2.75) is 12.8 Å². The maximum atomic E-state index is 6.05. The van der Waals surface area contributed by atoms with Gasteiger partial charge in [0.15, 0.2) is 11.5 Å². The number of halogens is 1. The summed E-state index contributed by atoms with van der Waals surface area (Å²) in [6, 6.07) is 11.5. The van der Waals surface area contributed by atoms with Crippen LogP contribution in [0.4, 0.5) is 11.5 Å². The van der Waals surface area contributed by atoms with Crippen LogP contribution in [0.3, 0.4) is 0 Å². The molecule has 0 unspecified atom stereocenters. The zero-order valence-corrected chi connectivity index (χ0v) is 16.2. The monoisotopic (exact) mass is 405 g/mol. The van der Waals surface area contributed by atoms with Crippen LogP contribution < -0.4 is 10.1 Å². The van der Waals surface area contributed by atoms with Crippen LogP contribution in [0, 0.1) is 6.92 Å². The molecule has 0 bridgehead atoms. The van der Waals surface area contributed by atoms with E-state index >= 15 is 0 Å². The van der Waals surface area contributed by atoms with Gasteiger partial charge in [0.05, 0.1) is 0 Å². The maximum Gasteiger partial charge on any atom is 0.158 e. The van der Waals surface area contributed by atoms with E-state index in [-0.39, 0.29) is 0 Å². The van der Waals surface area contributed by atoms with E-state index in [0.717, 1.165) is 33.7 Å². The molecule has 0 spiro atoms. The molecule has 29 heavy (non-hydrogen) atoms. The molecule has 0 saturated carbocycles. The zero-order valence-electron chi connectivity index (χ0n) is 15.5. The summed E-state index contributed by atoms with van der Waals surface area (Å²) in [4.78, 5) is 8.56. The van der Waals surface area contributed by atoms with Gasteiger partial charge in [0.2, 0.25) is 0 Å². The van der Waals surface area contributed by atoms with E-state index in [0.29, 0.717) is 17.4 Å². The molecule has 0 aliphatic rings. The SMILES string of the molecule is Cc1cc(Nc2ncnn3ccc(CCl)c23)ccc1Oc1ccn2ncnc2c1. The lowest BCUT2D eigenvalue weighted by Crippen LogP contribution is -2.01. The summed E-state index contributed by atoms with van der Waals surface area (Å²) in [6.07, 6.45) is 6.71. The van der Waals surface area contributed by atoms with Crippen molar-refractivity contribution >= 4 is 34.3 Å². The predicted molar refractivity (Wildman–Crippen MR) is 110 cm³/mol. The number of hydrogen-bond donors (Lipinski definition) is 1. The molecule has 0 aliphatic heterocycles. The molecule has 4 heterocycles. The van der Waals surface area contributed by atoms with Crippen LogP contribution in [-0.4, -0.2) is 29.2 Å². The van der Waals surface area contributed by atoms with E-state index < -0.39 is 0 Å². The highest BCUT2D eigenvalue weighted by atomic mass is 35.5. The summed E-state index contributed by atoms with van der Waals surface area (Å²) < 4.78 is 9.48. The Morgan fingerprint density at radius 1 is 1.00 bits per heavy atom. The van der Waals surface area contributed by atoms with Crippen LogP contribution >= 0.6 is 11.6 Å². The summed E-state index contributed by atoms with van der Waals surface area (Å²) in [5, 5.41) is 11.7. The van der Waals surface area contributed by atoms with Gasteiger partial charge >= 0.3 is 0 Å². The first-order valence-corrected chi connectivity index (χ1v) is 9.47. The third-order valence-electron chi connectivity index (χ3n) is 4.60. The molecule has 1 aromatic carbocycles. The molecule has 0 amide bonds. The molecule has 8 nitrogen and oxygen atoms in total. The summed E-state index contributed by atoms with van der Waals surface area (Å²) in [6.45, 7) is 1.99. The van der Waals surface area contributed by atoms with Crippen LogP contribution in [0.5, 0.6) is 11.5 Å². The Kier molecular flexibility index (Phi) is 4.25. The molecule has 9 heteroatoms. The Balaban J connectivity index is 1.42. The van der Waals surface area contributed by atoms with E-state index in [9.17, 15) is 0 Å². The first-order valence-electron chi connectivity index (χ1n) is 8.93. The quantitative estimate of drug-likeness (QED) is 0.437. The van der Waals surface area contributed by atoms with Crippen molar-refractivity contribution in [1.29, 1.82) is 0 Å². The molecule has 5 aromatic rings. The topological polar surface area (TPSA) is 81.6 Å². The van der Waals surface area contributed by atoms with E-state index in [1.54, 1.807) is 9.03 Å². The number of pyridine rings is 1. The molecule has 4 aromatic heterocycles. The third-order valence-corrected chi connectivity index (χ3v) is 4.89. The number of nitrogens with zero attached hydrogens (tertiary/aromatic N) is 6. The second-order valence-electron chi connectivity index (χ2n) is 6.51. The van der Waals surface area contributed by atoms with Gasteiger partial charge in [-0.25, -0.2) is 19.0 Å². The highest BCUT2D eigenvalue weighted by Gasteiger charge is 2.11. The Bertz CT molecular complexity index is 1330. The zero-order chi connectivity index (χ0) is 19.8. The Morgan fingerprint density at radius 3 is 2.69 bits per heavy atom. The minimum Gasteiger partial charge on any atom is -0.457 e. The van der Waals surface area contributed by atoms with Crippen molar-refractivity contribution in [3.63, 3.8) is 0 Å². The van der Waals surface area contributed by atoms with Crippen molar-refractivity contribution in [2.24, 2.45) is 0 Å². The molecule has 0 atom stereocenters. The minimum atomic E-state index is 0.390. The third kappa shape index (κ3) is 3.23. The lowest BCUT2D eigenvalue weighted by Gasteiger charge is -2.12. The Hall–Kier alpha value is -3.65. The van der Waals surface area contributed by atoms with Gasteiger partial charge in [0.25, 0.3) is 0 Å². The first kappa shape index (κ1) is 17.4. The fourth-order valence-electron chi connectivity index (χ4n) is 3.18. The number of rotatable bonds is 5. The number of hydrogen-bond acceptors (Lipinski definition) is 6. The van der Waals surface area contributed by atoms with Gasteiger partial charge in [-0.2, -0.15) is 10.2 Å². The largest absolute Gasteiger partial charge is 0.457 e. The number of anilines is 2. The van der Waals surface area contributed by atoms with Crippen LogP contribution in [0.25, 0.3) is 11.2 Å². The van der Waals surface area contributed by atoms with Crippen LogP contribution in [-0.2, 0) is 5.88 Å². The number of benzene rings is 1. The van der Waals surface area contributed by atoms with Crippen molar-refractivity contribution in [2.75, 3.05) is 5.32 Å². The summed E-state index contributed by atoms with van der Waals surface area (Å²) in [7, 11) is 0. The molecule has 5 rings (SSSR count). The van der Waals surface area contributed by atoms with Crippen LogP contribution in [0.1, 0.15) is 11.1 Å². The van der Waals surface area contributed by atoms with Gasteiger partial charge in [-0.3, -0.25) is 0 Å². The van der Waals surface area contributed by atoms with Crippen LogP contribution in [0.15, 0.2) is 61.4 Å². The van der Waals surface area contributed by atoms with Gasteiger partial charge in [-0.15, -0.1) is 11.6 Å². The van der Waals surface area contributed by atoms with E-state index in [1.165, 1.54) is 12.7 Å². The number of ether oxygens (including phenoxy) is 1. The molecular formula is C20H16ClN7O. The number of fused-ring (bicyclic) bond motifs is 2. The summed E-state index contributed by atoms with van der Waals surface area (Å²) in [5.41, 5.74) is 4.44. The number of aromatic nitrogens is 6. The predicted octanol–water partition coefficient (Wildman–Crippen LogP) is 4.36. The normalized spacial score (nSPS) is 11.2. The van der Waals surface area contributed by atoms with Gasteiger partial charge in [0.1, 0.15) is 29.7 Å². The second-order valence-corrected chi connectivity index (χ2v) is 6.78. The molecule has 144 valence electrons. The fourth-order valence-corrected chi connectivity index (χ4v) is 3.40. The number of aryl methyl sites for hydroxylation is 1. The minimum absolute atomic E-state index is 0.390. The van der Waals surface area contributed by atoms with Gasteiger partial charge in [-0.1, -0.05) is 0 Å². The first-order chi connectivity index (χ1) is 14.2. The maximum absolute atomic E-state index is 6.05. The molecular weight excluding hydrogens is 390 g/mol. The average molecular weight is 406 g/mol. The smallest absolute Gasteiger partial charge is 0.158 e. The highest BCUT2D eigenvalue weighted by molar-refractivity contribution is 6.17. The van der Waals surface area contributed by atoms with Crippen molar-refractivity contribution in [3.8, 4) is 11.5 Å². The Labute approximate surface area is 170 Å². The van der Waals surface area contributed by atoms with Gasteiger partial charge in [-0.05, 0) is 48.4 Å². The lowest BCUT2D eigenvalue weighted by molar-refractivity contribution is 0.478. The highest BCUT2D eigenvalue weighted by Crippen LogP contribution is 2.30. The van der Waals surface area contributed by atoms with Gasteiger partial charge in [0, 0.05) is 30.0 Å². The second kappa shape index (κ2) is 7.06. The molecule has 0 aliphatic carbocycles. The van der Waals surface area contributed by atoms with Gasteiger partial charge < -0.3 is 10.1 Å². The molecule has 0 radical (unpaired) electrons. The fraction of sp³-hybridized carbons (Fsp3) is 0.100. The van der Waals surface area contributed by atoms with Crippen molar-refractivity contribution < 1.29 is 4.74 Å². The van der Waals surface area contributed by atoms with E-state index in [1.807, 2.05) is 55.7 Å². The standard InChI is InChI=1S/C20H16ClN7O/c1-13-8-15(26-20-19-14(10-21)4-6-28(19)25-12-23-20)2-3-17(13)29-16-5-7-27-18(9-16)22-11-24-27/h2-9,11-12H,10H2,1H3,(H,23,25,26). The molecule has 0 fully saturated rings. The number of alkyl halides is 1. The summed E-state index contributed by atoms with van der Waals surface area (Å²) in [5.74, 6) is 2.55. The van der Waals surface area contributed by atoms with E-state index in [2.05, 4.69) is 25.5 Å². The summed E-state index contributed by atoms with van der Waals surface area (Å²) >= 11 is 6.05. The Morgan fingerprint density at radius 2 is 1.83 bits per heavy atom. The van der Waals surface area contributed by atoms with E-state index in [4.69, 9.17) is 16.3 Å². The average Bonchev–Trinajstić information content (AvgIpc) is 3.36. The van der Waals surface area contributed by atoms with Crippen molar-refractivity contribution in [1.82, 2.24) is 29.2 Å². The lowest BCUT2D eigenvalue weighted by atomic mass is 10.2. The molecule has 1 N–H and O–H groups in total. The number of nitrogens with one attached hydrogen (secondary N) is 1. The van der Waals surface area contributed by atoms with Crippen molar-refractivity contribution in [3.05, 3.63) is 72.6 Å². The molecule has 0 saturated heterocycles.